The Morgan fingerprint density at radius 1 is 1.38 bits per heavy atom. The molecule has 16 heavy (non-hydrogen) atoms. The third kappa shape index (κ3) is 2.26. The van der Waals surface area contributed by atoms with Crippen LogP contribution in [0.1, 0.15) is 5.56 Å². The van der Waals surface area contributed by atoms with Crippen LogP contribution in [-0.4, -0.2) is 17.2 Å². The molecule has 0 amide bonds. The second-order valence-corrected chi connectivity index (χ2v) is 4.11. The quantitative estimate of drug-likeness (QED) is 0.398. The number of benzene rings is 1. The Morgan fingerprint density at radius 3 is 2.94 bits per heavy atom. The number of aromatic nitrogens is 1. The van der Waals surface area contributed by atoms with E-state index in [4.69, 9.17) is 17.2 Å². The Kier molecular flexibility index (Phi) is 2.69. The lowest BCUT2D eigenvalue weighted by Crippen LogP contribution is -2.21. The monoisotopic (exact) mass is 234 g/mol. The Labute approximate surface area is 95.5 Å². The molecule has 0 saturated heterocycles. The average Bonchev–Trinajstić information content (AvgIpc) is 2.56. The Hall–Kier alpha value is -2.15. The molecule has 0 unspecified atom stereocenters. The third-order valence-electron chi connectivity index (χ3n) is 1.81. The highest BCUT2D eigenvalue weighted by Gasteiger charge is 2.00. The van der Waals surface area contributed by atoms with E-state index in [0.29, 0.717) is 5.13 Å². The van der Waals surface area contributed by atoms with Gasteiger partial charge in [0, 0.05) is 0 Å². The Balaban J connectivity index is 2.32. The van der Waals surface area contributed by atoms with Crippen molar-refractivity contribution in [3.8, 4) is 0 Å². The van der Waals surface area contributed by atoms with Crippen LogP contribution in [0.2, 0.25) is 0 Å². The standard InChI is InChI=1S/C9H10N6S/c10-8(11)15-13-4-5-1-2-6-7(3-5)16-9(12)14-6/h1-4H,(H2,12,14)(H4,10,11,15). The number of hydrogen-bond donors (Lipinski definition) is 3. The Bertz CT molecular complexity index is 566. The van der Waals surface area contributed by atoms with Gasteiger partial charge in [-0.25, -0.2) is 4.98 Å². The van der Waals surface area contributed by atoms with Crippen molar-refractivity contribution in [3.63, 3.8) is 0 Å². The lowest BCUT2D eigenvalue weighted by Gasteiger charge is -1.91. The molecule has 6 N–H and O–H groups in total. The van der Waals surface area contributed by atoms with Gasteiger partial charge in [0.1, 0.15) is 0 Å². The molecular formula is C9H10N6S. The van der Waals surface area contributed by atoms with Crippen molar-refractivity contribution in [3.05, 3.63) is 23.8 Å². The van der Waals surface area contributed by atoms with Gasteiger partial charge in [-0.15, -0.1) is 5.10 Å². The van der Waals surface area contributed by atoms with Crippen LogP contribution in [-0.2, 0) is 0 Å². The Morgan fingerprint density at radius 2 is 2.19 bits per heavy atom. The van der Waals surface area contributed by atoms with Crippen LogP contribution in [0.3, 0.4) is 0 Å². The molecule has 82 valence electrons. The van der Waals surface area contributed by atoms with Crippen molar-refractivity contribution in [1.82, 2.24) is 4.98 Å². The zero-order valence-electron chi connectivity index (χ0n) is 8.29. The molecule has 1 aromatic heterocycles. The number of anilines is 1. The number of fused-ring (bicyclic) bond motifs is 1. The van der Waals surface area contributed by atoms with E-state index in [1.807, 2.05) is 18.2 Å². The highest BCUT2D eigenvalue weighted by atomic mass is 32.1. The number of thiazole rings is 1. The minimum atomic E-state index is -0.0700. The van der Waals surface area contributed by atoms with Gasteiger partial charge in [0.25, 0.3) is 0 Å². The molecule has 1 aromatic carbocycles. The summed E-state index contributed by atoms with van der Waals surface area (Å²) in [6, 6.07) is 5.67. The lowest BCUT2D eigenvalue weighted by molar-refractivity contribution is 1.22. The molecule has 2 rings (SSSR count). The van der Waals surface area contributed by atoms with Gasteiger partial charge in [-0.1, -0.05) is 17.4 Å². The summed E-state index contributed by atoms with van der Waals surface area (Å²) < 4.78 is 1.01. The molecule has 2 aromatic rings. The molecule has 0 aliphatic rings. The first-order chi connectivity index (χ1) is 7.65. The summed E-state index contributed by atoms with van der Waals surface area (Å²) in [5, 5.41) is 7.78. The molecule has 7 heteroatoms. The van der Waals surface area contributed by atoms with Gasteiger partial charge in [-0.3, -0.25) is 0 Å². The van der Waals surface area contributed by atoms with Crippen LogP contribution < -0.4 is 17.2 Å². The molecule has 0 atom stereocenters. The second kappa shape index (κ2) is 4.15. The van der Waals surface area contributed by atoms with E-state index < -0.39 is 0 Å². The number of nitrogens with two attached hydrogens (primary N) is 3. The van der Waals surface area contributed by atoms with Gasteiger partial charge in [0.15, 0.2) is 5.13 Å². The number of hydrogen-bond acceptors (Lipinski definition) is 5. The highest BCUT2D eigenvalue weighted by molar-refractivity contribution is 7.22. The summed E-state index contributed by atoms with van der Waals surface area (Å²) in [5.41, 5.74) is 17.6. The molecule has 0 saturated carbocycles. The summed E-state index contributed by atoms with van der Waals surface area (Å²) >= 11 is 1.43. The first-order valence-corrected chi connectivity index (χ1v) is 5.25. The largest absolute Gasteiger partial charge is 0.375 e. The summed E-state index contributed by atoms with van der Waals surface area (Å²) in [4.78, 5) is 4.15. The molecule has 0 spiro atoms. The number of nitrogen functional groups attached to an aromatic ring is 1. The maximum atomic E-state index is 5.60. The van der Waals surface area contributed by atoms with Crippen LogP contribution in [0.25, 0.3) is 10.2 Å². The molecule has 0 radical (unpaired) electrons. The normalized spacial score (nSPS) is 11.0. The first kappa shape index (κ1) is 10.4. The zero-order chi connectivity index (χ0) is 11.5. The van der Waals surface area contributed by atoms with Crippen LogP contribution in [0.4, 0.5) is 5.13 Å². The second-order valence-electron chi connectivity index (χ2n) is 3.05. The fourth-order valence-corrected chi connectivity index (χ4v) is 1.98. The van der Waals surface area contributed by atoms with Crippen molar-refractivity contribution < 1.29 is 0 Å². The molecule has 0 fully saturated rings. The fraction of sp³-hybridized carbons (Fsp3) is 0. The van der Waals surface area contributed by atoms with Gasteiger partial charge in [0.2, 0.25) is 5.96 Å². The van der Waals surface area contributed by atoms with Crippen molar-refractivity contribution >= 4 is 38.9 Å². The minimum Gasteiger partial charge on any atom is -0.375 e. The van der Waals surface area contributed by atoms with E-state index in [0.717, 1.165) is 15.8 Å². The molecule has 0 bridgehead atoms. The molecule has 0 aliphatic carbocycles. The molecular weight excluding hydrogens is 224 g/mol. The molecule has 0 aliphatic heterocycles. The zero-order valence-corrected chi connectivity index (χ0v) is 9.11. The lowest BCUT2D eigenvalue weighted by atomic mass is 10.2. The van der Waals surface area contributed by atoms with Crippen LogP contribution in [0.5, 0.6) is 0 Å². The average molecular weight is 234 g/mol. The maximum absolute atomic E-state index is 5.60. The predicted octanol–water partition coefficient (Wildman–Crippen LogP) is 0.486. The highest BCUT2D eigenvalue weighted by Crippen LogP contribution is 2.23. The number of guanidine groups is 1. The SMILES string of the molecule is NC(N)=NN=Cc1ccc2nc(N)sc2c1. The van der Waals surface area contributed by atoms with E-state index in [9.17, 15) is 0 Å². The summed E-state index contributed by atoms with van der Waals surface area (Å²) in [6.07, 6.45) is 1.56. The van der Waals surface area contributed by atoms with Gasteiger partial charge >= 0.3 is 0 Å². The summed E-state index contributed by atoms with van der Waals surface area (Å²) in [5.74, 6) is -0.0700. The number of rotatable bonds is 2. The van der Waals surface area contributed by atoms with Gasteiger partial charge in [0.05, 0.1) is 16.4 Å². The van der Waals surface area contributed by atoms with E-state index >= 15 is 0 Å². The summed E-state index contributed by atoms with van der Waals surface area (Å²) in [6.45, 7) is 0. The molecule has 6 nitrogen and oxygen atoms in total. The van der Waals surface area contributed by atoms with Crippen LogP contribution >= 0.6 is 11.3 Å². The van der Waals surface area contributed by atoms with Gasteiger partial charge in [-0.05, 0) is 17.7 Å². The first-order valence-electron chi connectivity index (χ1n) is 4.43. The van der Waals surface area contributed by atoms with E-state index in [2.05, 4.69) is 15.2 Å². The van der Waals surface area contributed by atoms with Crippen molar-refractivity contribution in [1.29, 1.82) is 0 Å². The summed E-state index contributed by atoms with van der Waals surface area (Å²) in [7, 11) is 0. The van der Waals surface area contributed by atoms with E-state index in [1.165, 1.54) is 11.3 Å². The van der Waals surface area contributed by atoms with Gasteiger partial charge in [-0.2, -0.15) is 5.10 Å². The smallest absolute Gasteiger partial charge is 0.211 e. The van der Waals surface area contributed by atoms with Crippen LogP contribution in [0.15, 0.2) is 28.4 Å². The van der Waals surface area contributed by atoms with Gasteiger partial charge < -0.3 is 17.2 Å². The number of nitrogens with zero attached hydrogens (tertiary/aromatic N) is 3. The predicted molar refractivity (Wildman–Crippen MR) is 67.4 cm³/mol. The van der Waals surface area contributed by atoms with Crippen molar-refractivity contribution in [2.75, 3.05) is 5.73 Å². The maximum Gasteiger partial charge on any atom is 0.211 e. The topological polar surface area (TPSA) is 116 Å². The minimum absolute atomic E-state index is 0.0700. The molecule has 1 heterocycles. The third-order valence-corrected chi connectivity index (χ3v) is 2.66. The fourth-order valence-electron chi connectivity index (χ4n) is 1.20. The van der Waals surface area contributed by atoms with E-state index in [-0.39, 0.29) is 5.96 Å². The van der Waals surface area contributed by atoms with E-state index in [1.54, 1.807) is 6.21 Å². The van der Waals surface area contributed by atoms with Crippen molar-refractivity contribution in [2.24, 2.45) is 21.7 Å². The van der Waals surface area contributed by atoms with Crippen molar-refractivity contribution in [2.45, 2.75) is 0 Å². The van der Waals surface area contributed by atoms with Crippen LogP contribution in [0, 0.1) is 0 Å².